The van der Waals surface area contributed by atoms with Crippen LogP contribution in [0.15, 0.2) is 61.2 Å². The molecule has 3 heterocycles. The summed E-state index contributed by atoms with van der Waals surface area (Å²) < 4.78 is 3.14. The van der Waals surface area contributed by atoms with Gasteiger partial charge in [-0.05, 0) is 24.6 Å². The molecule has 4 rings (SSSR count). The van der Waals surface area contributed by atoms with E-state index in [4.69, 9.17) is 0 Å². The Kier molecular flexibility index (Phi) is 4.21. The molecule has 134 valence electrons. The lowest BCUT2D eigenvalue weighted by Crippen LogP contribution is -2.16. The largest absolute Gasteiger partial charge is 0.305 e. The Bertz CT molecular complexity index is 1100. The molecule has 0 radical (unpaired) electrons. The number of anilines is 1. The molecule has 1 N–H and O–H groups in total. The van der Waals surface area contributed by atoms with E-state index < -0.39 is 0 Å². The molecule has 0 bridgehead atoms. The summed E-state index contributed by atoms with van der Waals surface area (Å²) in [4.78, 5) is 20.9. The Balaban J connectivity index is 1.59. The first kappa shape index (κ1) is 16.6. The van der Waals surface area contributed by atoms with E-state index >= 15 is 0 Å². The fourth-order valence-electron chi connectivity index (χ4n) is 2.76. The Morgan fingerprint density at radius 2 is 1.96 bits per heavy atom. The Morgan fingerprint density at radius 1 is 1.11 bits per heavy atom. The number of aromatic nitrogens is 6. The first-order chi connectivity index (χ1) is 13.1. The Morgan fingerprint density at radius 3 is 2.74 bits per heavy atom. The van der Waals surface area contributed by atoms with Gasteiger partial charge in [0.25, 0.3) is 5.91 Å². The maximum Gasteiger partial charge on any atom is 0.275 e. The summed E-state index contributed by atoms with van der Waals surface area (Å²) in [6, 6.07) is 15.0. The van der Waals surface area contributed by atoms with Crippen molar-refractivity contribution in [2.24, 2.45) is 7.05 Å². The first-order valence-electron chi connectivity index (χ1n) is 8.35. The van der Waals surface area contributed by atoms with Gasteiger partial charge in [0.2, 0.25) is 0 Å². The maximum absolute atomic E-state index is 12.6. The molecule has 0 atom stereocenters. The monoisotopic (exact) mass is 359 g/mol. The zero-order valence-electron chi connectivity index (χ0n) is 14.9. The van der Waals surface area contributed by atoms with Crippen LogP contribution < -0.4 is 5.32 Å². The van der Waals surface area contributed by atoms with Gasteiger partial charge in [-0.2, -0.15) is 10.2 Å². The summed E-state index contributed by atoms with van der Waals surface area (Å²) in [6.45, 7) is 2.03. The molecule has 1 amide bonds. The Hall–Kier alpha value is -3.81. The fourth-order valence-corrected chi connectivity index (χ4v) is 2.76. The molecule has 0 aliphatic rings. The highest BCUT2D eigenvalue weighted by atomic mass is 16.2. The lowest BCUT2D eigenvalue weighted by atomic mass is 10.1. The third-order valence-electron chi connectivity index (χ3n) is 4.16. The van der Waals surface area contributed by atoms with Crippen LogP contribution in [0.4, 0.5) is 5.82 Å². The van der Waals surface area contributed by atoms with Crippen LogP contribution >= 0.6 is 0 Å². The van der Waals surface area contributed by atoms with E-state index in [9.17, 15) is 4.79 Å². The van der Waals surface area contributed by atoms with Gasteiger partial charge in [-0.25, -0.2) is 14.6 Å². The first-order valence-corrected chi connectivity index (χ1v) is 8.35. The van der Waals surface area contributed by atoms with Crippen LogP contribution in [0.1, 0.15) is 16.1 Å². The zero-order chi connectivity index (χ0) is 18.8. The maximum atomic E-state index is 12.6. The fraction of sp³-hybridized carbons (Fsp3) is 0.105. The van der Waals surface area contributed by atoms with Gasteiger partial charge in [-0.1, -0.05) is 30.3 Å². The third kappa shape index (κ3) is 3.32. The topological polar surface area (TPSA) is 90.5 Å². The molecular formula is C19H17N7O. The van der Waals surface area contributed by atoms with Crippen LogP contribution in [0.3, 0.4) is 0 Å². The molecule has 3 aromatic heterocycles. The van der Waals surface area contributed by atoms with Crippen molar-refractivity contribution in [3.05, 3.63) is 72.4 Å². The normalized spacial score (nSPS) is 10.7. The predicted octanol–water partition coefficient (Wildman–Crippen LogP) is 2.62. The summed E-state index contributed by atoms with van der Waals surface area (Å²) in [6.07, 6.45) is 2.94. The van der Waals surface area contributed by atoms with Crippen LogP contribution in [-0.2, 0) is 7.05 Å². The molecule has 8 nitrogen and oxygen atoms in total. The number of nitrogens with zero attached hydrogens (tertiary/aromatic N) is 6. The minimum absolute atomic E-state index is 0.279. The van der Waals surface area contributed by atoms with Gasteiger partial charge in [0.05, 0.1) is 5.69 Å². The van der Waals surface area contributed by atoms with E-state index in [1.54, 1.807) is 29.9 Å². The van der Waals surface area contributed by atoms with Gasteiger partial charge >= 0.3 is 0 Å². The number of aryl methyl sites for hydroxylation is 2. The van der Waals surface area contributed by atoms with Gasteiger partial charge in [0, 0.05) is 18.7 Å². The zero-order valence-corrected chi connectivity index (χ0v) is 14.9. The quantitative estimate of drug-likeness (QED) is 0.605. The van der Waals surface area contributed by atoms with Crippen LogP contribution in [0.25, 0.3) is 17.1 Å². The van der Waals surface area contributed by atoms with E-state index in [1.165, 1.54) is 17.3 Å². The van der Waals surface area contributed by atoms with Gasteiger partial charge in [0.15, 0.2) is 5.82 Å². The number of hydrogen-bond acceptors (Lipinski definition) is 5. The van der Waals surface area contributed by atoms with Crippen molar-refractivity contribution in [2.75, 3.05) is 5.32 Å². The SMILES string of the molecule is Cc1ccccc1-c1cc(NC(=O)c2cccc(-n3cncn3)n2)n(C)n1. The van der Waals surface area contributed by atoms with Crippen LogP contribution in [0, 0.1) is 6.92 Å². The molecule has 1 aromatic carbocycles. The molecule has 0 spiro atoms. The summed E-state index contributed by atoms with van der Waals surface area (Å²) in [5.74, 6) is 0.785. The number of carbonyl (C=O) groups excluding carboxylic acids is 1. The van der Waals surface area contributed by atoms with Gasteiger partial charge in [-0.15, -0.1) is 0 Å². The van der Waals surface area contributed by atoms with E-state index in [-0.39, 0.29) is 11.6 Å². The van der Waals surface area contributed by atoms with Crippen molar-refractivity contribution in [3.63, 3.8) is 0 Å². The van der Waals surface area contributed by atoms with Crippen molar-refractivity contribution in [1.82, 2.24) is 29.5 Å². The lowest BCUT2D eigenvalue weighted by Gasteiger charge is -2.06. The smallest absolute Gasteiger partial charge is 0.275 e. The second-order valence-electron chi connectivity index (χ2n) is 6.03. The summed E-state index contributed by atoms with van der Waals surface area (Å²) in [7, 11) is 1.79. The molecule has 0 unspecified atom stereocenters. The molecule has 4 aromatic rings. The molecular weight excluding hydrogens is 342 g/mol. The van der Waals surface area contributed by atoms with Crippen molar-refractivity contribution in [2.45, 2.75) is 6.92 Å². The van der Waals surface area contributed by atoms with Gasteiger partial charge in [0.1, 0.15) is 24.2 Å². The number of rotatable bonds is 4. The molecule has 0 aliphatic heterocycles. The second kappa shape index (κ2) is 6.83. The van der Waals surface area contributed by atoms with E-state index in [1.807, 2.05) is 37.3 Å². The number of hydrogen-bond donors (Lipinski definition) is 1. The number of nitrogens with one attached hydrogen (secondary N) is 1. The highest BCUT2D eigenvalue weighted by Crippen LogP contribution is 2.24. The minimum Gasteiger partial charge on any atom is -0.305 e. The van der Waals surface area contributed by atoms with Crippen LogP contribution in [0.2, 0.25) is 0 Å². The lowest BCUT2D eigenvalue weighted by molar-refractivity contribution is 0.102. The molecule has 27 heavy (non-hydrogen) atoms. The van der Waals surface area contributed by atoms with Gasteiger partial charge < -0.3 is 5.32 Å². The Labute approximate surface area is 155 Å². The molecule has 0 saturated heterocycles. The third-order valence-corrected chi connectivity index (χ3v) is 4.16. The van der Waals surface area contributed by atoms with Crippen molar-refractivity contribution in [3.8, 4) is 17.1 Å². The summed E-state index contributed by atoms with van der Waals surface area (Å²) in [5.41, 5.74) is 3.23. The number of carbonyl (C=O) groups is 1. The number of benzene rings is 1. The highest BCUT2D eigenvalue weighted by molar-refractivity contribution is 6.02. The molecule has 0 saturated carbocycles. The average Bonchev–Trinajstić information content (AvgIpc) is 3.33. The predicted molar refractivity (Wildman–Crippen MR) is 100 cm³/mol. The van der Waals surface area contributed by atoms with Gasteiger partial charge in [-0.3, -0.25) is 9.48 Å². The number of pyridine rings is 1. The molecule has 8 heteroatoms. The van der Waals surface area contributed by atoms with Crippen molar-refractivity contribution in [1.29, 1.82) is 0 Å². The average molecular weight is 359 g/mol. The van der Waals surface area contributed by atoms with Crippen molar-refractivity contribution >= 4 is 11.7 Å². The summed E-state index contributed by atoms with van der Waals surface area (Å²) in [5, 5.41) is 11.4. The van der Waals surface area contributed by atoms with E-state index in [0.717, 1.165) is 16.8 Å². The van der Waals surface area contributed by atoms with Crippen LogP contribution in [0.5, 0.6) is 0 Å². The highest BCUT2D eigenvalue weighted by Gasteiger charge is 2.14. The summed E-state index contributed by atoms with van der Waals surface area (Å²) >= 11 is 0. The standard InChI is InChI=1S/C19H17N7O/c1-13-6-3-4-7-14(13)16-10-18(25(2)24-16)23-19(27)15-8-5-9-17(22-15)26-12-20-11-21-26/h3-12H,1-2H3,(H,23,27). The van der Waals surface area contributed by atoms with Crippen LogP contribution in [-0.4, -0.2) is 35.4 Å². The van der Waals surface area contributed by atoms with Crippen molar-refractivity contribution < 1.29 is 4.79 Å². The van der Waals surface area contributed by atoms with E-state index in [0.29, 0.717) is 11.6 Å². The second-order valence-corrected chi connectivity index (χ2v) is 6.03. The molecule has 0 fully saturated rings. The number of amides is 1. The minimum atomic E-state index is -0.323. The molecule has 0 aliphatic carbocycles. The van der Waals surface area contributed by atoms with E-state index in [2.05, 4.69) is 25.5 Å².